The zero-order chi connectivity index (χ0) is 15.7. The standard InChI is InChI=1S/C14H19N3O4/c1-9-7-16(8-10(2)15(9)3)13-6-11(17(20)21)4-5-12(13)14(18)19/h4-6,9-10H,7-8H2,1-3H3,(H,18,19). The van der Waals surface area contributed by atoms with Crippen LogP contribution in [0.2, 0.25) is 0 Å². The number of benzene rings is 1. The van der Waals surface area contributed by atoms with Crippen LogP contribution >= 0.6 is 0 Å². The molecule has 1 fully saturated rings. The number of anilines is 1. The summed E-state index contributed by atoms with van der Waals surface area (Å²) in [6, 6.07) is 4.39. The highest BCUT2D eigenvalue weighted by molar-refractivity contribution is 5.95. The van der Waals surface area contributed by atoms with Gasteiger partial charge in [0.2, 0.25) is 0 Å². The first-order chi connectivity index (χ1) is 9.81. The first-order valence-electron chi connectivity index (χ1n) is 6.80. The highest BCUT2D eigenvalue weighted by Gasteiger charge is 2.29. The van der Waals surface area contributed by atoms with Gasteiger partial charge in [-0.2, -0.15) is 0 Å². The van der Waals surface area contributed by atoms with Crippen molar-refractivity contribution in [2.75, 3.05) is 25.0 Å². The Morgan fingerprint density at radius 3 is 2.38 bits per heavy atom. The molecule has 1 aromatic carbocycles. The van der Waals surface area contributed by atoms with Crippen molar-refractivity contribution in [1.82, 2.24) is 4.90 Å². The lowest BCUT2D eigenvalue weighted by Gasteiger charge is -2.43. The number of carboxylic acids is 1. The fourth-order valence-electron chi connectivity index (χ4n) is 2.68. The number of carbonyl (C=O) groups is 1. The van der Waals surface area contributed by atoms with E-state index in [2.05, 4.69) is 18.7 Å². The van der Waals surface area contributed by atoms with Gasteiger partial charge in [-0.3, -0.25) is 15.0 Å². The van der Waals surface area contributed by atoms with Gasteiger partial charge in [-0.15, -0.1) is 0 Å². The first kappa shape index (κ1) is 15.2. The molecule has 0 bridgehead atoms. The summed E-state index contributed by atoms with van der Waals surface area (Å²) in [6.45, 7) is 5.39. The number of nitro benzene ring substituents is 1. The van der Waals surface area contributed by atoms with Gasteiger partial charge in [-0.05, 0) is 27.0 Å². The highest BCUT2D eigenvalue weighted by Crippen LogP contribution is 2.29. The monoisotopic (exact) mass is 293 g/mol. The van der Waals surface area contributed by atoms with Gasteiger partial charge in [0.25, 0.3) is 5.69 Å². The molecule has 1 heterocycles. The zero-order valence-corrected chi connectivity index (χ0v) is 12.3. The Hall–Kier alpha value is -2.15. The van der Waals surface area contributed by atoms with E-state index in [0.29, 0.717) is 18.8 Å². The summed E-state index contributed by atoms with van der Waals surface area (Å²) >= 11 is 0. The van der Waals surface area contributed by atoms with E-state index in [-0.39, 0.29) is 23.3 Å². The Labute approximate surface area is 122 Å². The quantitative estimate of drug-likeness (QED) is 0.675. The van der Waals surface area contributed by atoms with Gasteiger partial charge < -0.3 is 10.0 Å². The lowest BCUT2D eigenvalue weighted by atomic mass is 10.1. The second-order valence-electron chi connectivity index (χ2n) is 5.53. The Morgan fingerprint density at radius 2 is 1.90 bits per heavy atom. The van der Waals surface area contributed by atoms with E-state index in [1.165, 1.54) is 18.2 Å². The largest absolute Gasteiger partial charge is 0.478 e. The molecule has 2 rings (SSSR count). The minimum Gasteiger partial charge on any atom is -0.478 e. The summed E-state index contributed by atoms with van der Waals surface area (Å²) in [5.41, 5.74) is 0.433. The van der Waals surface area contributed by atoms with E-state index in [4.69, 9.17) is 0 Å². The van der Waals surface area contributed by atoms with Crippen LogP contribution in [0.15, 0.2) is 18.2 Å². The fraction of sp³-hybridized carbons (Fsp3) is 0.500. The van der Waals surface area contributed by atoms with Crippen molar-refractivity contribution in [3.8, 4) is 0 Å². The molecule has 7 nitrogen and oxygen atoms in total. The molecule has 114 valence electrons. The van der Waals surface area contributed by atoms with Crippen molar-refractivity contribution >= 4 is 17.3 Å². The molecule has 0 amide bonds. The van der Waals surface area contributed by atoms with Crippen molar-refractivity contribution in [3.63, 3.8) is 0 Å². The van der Waals surface area contributed by atoms with Crippen LogP contribution in [0.1, 0.15) is 24.2 Å². The number of hydrogen-bond acceptors (Lipinski definition) is 5. The van der Waals surface area contributed by atoms with Crippen LogP contribution in [0.3, 0.4) is 0 Å². The molecule has 7 heteroatoms. The van der Waals surface area contributed by atoms with E-state index in [1.54, 1.807) is 0 Å². The SMILES string of the molecule is CC1CN(c2cc([N+](=O)[O-])ccc2C(=O)O)CC(C)N1C. The van der Waals surface area contributed by atoms with E-state index >= 15 is 0 Å². The van der Waals surface area contributed by atoms with Gasteiger partial charge in [0.1, 0.15) is 0 Å². The van der Waals surface area contributed by atoms with E-state index in [0.717, 1.165) is 0 Å². The lowest BCUT2D eigenvalue weighted by molar-refractivity contribution is -0.384. The number of nitrogens with zero attached hydrogens (tertiary/aromatic N) is 3. The van der Waals surface area contributed by atoms with Crippen LogP contribution in [0.4, 0.5) is 11.4 Å². The normalized spacial score (nSPS) is 23.1. The predicted octanol–water partition coefficient (Wildman–Crippen LogP) is 1.82. The predicted molar refractivity (Wildman–Crippen MR) is 79.0 cm³/mol. The molecule has 0 aromatic heterocycles. The molecule has 2 unspecified atom stereocenters. The minimum absolute atomic E-state index is 0.0887. The molecule has 0 saturated carbocycles. The van der Waals surface area contributed by atoms with Crippen molar-refractivity contribution in [1.29, 1.82) is 0 Å². The number of carboxylic acid groups (broad SMARTS) is 1. The Bertz CT molecular complexity index is 563. The van der Waals surface area contributed by atoms with Crippen molar-refractivity contribution in [2.45, 2.75) is 25.9 Å². The van der Waals surface area contributed by atoms with Crippen molar-refractivity contribution in [3.05, 3.63) is 33.9 Å². The number of hydrogen-bond donors (Lipinski definition) is 1. The summed E-state index contributed by atoms with van der Waals surface area (Å²) < 4.78 is 0. The van der Waals surface area contributed by atoms with E-state index in [1.807, 2.05) is 11.9 Å². The smallest absolute Gasteiger partial charge is 0.337 e. The summed E-state index contributed by atoms with van der Waals surface area (Å²) in [5, 5.41) is 20.2. The van der Waals surface area contributed by atoms with E-state index in [9.17, 15) is 20.0 Å². The Morgan fingerprint density at radius 1 is 1.33 bits per heavy atom. The molecular weight excluding hydrogens is 274 g/mol. The van der Waals surface area contributed by atoms with Gasteiger partial charge in [-0.25, -0.2) is 4.79 Å². The summed E-state index contributed by atoms with van der Waals surface area (Å²) in [5.74, 6) is -1.07. The Kier molecular flexibility index (Phi) is 4.13. The molecule has 1 aromatic rings. The van der Waals surface area contributed by atoms with Crippen LogP contribution in [-0.4, -0.2) is 53.1 Å². The number of aromatic carboxylic acids is 1. The molecule has 0 radical (unpaired) electrons. The maximum absolute atomic E-state index is 11.4. The average Bonchev–Trinajstić information content (AvgIpc) is 2.43. The number of piperazine rings is 1. The number of nitro groups is 1. The molecule has 21 heavy (non-hydrogen) atoms. The van der Waals surface area contributed by atoms with Crippen LogP contribution in [0.25, 0.3) is 0 Å². The highest BCUT2D eigenvalue weighted by atomic mass is 16.6. The summed E-state index contributed by atoms with van der Waals surface area (Å²) in [7, 11) is 2.03. The Balaban J connectivity index is 2.43. The van der Waals surface area contributed by atoms with Crippen LogP contribution in [-0.2, 0) is 0 Å². The second kappa shape index (κ2) is 5.69. The third-order valence-electron chi connectivity index (χ3n) is 4.12. The molecule has 1 aliphatic rings. The summed E-state index contributed by atoms with van der Waals surface area (Å²) in [6.07, 6.45) is 0. The number of likely N-dealkylation sites (N-methyl/N-ethyl adjacent to an activating group) is 1. The third kappa shape index (κ3) is 2.97. The van der Waals surface area contributed by atoms with Crippen LogP contribution in [0, 0.1) is 10.1 Å². The van der Waals surface area contributed by atoms with Gasteiger partial charge in [-0.1, -0.05) is 0 Å². The first-order valence-corrected chi connectivity index (χ1v) is 6.80. The minimum atomic E-state index is -1.07. The molecule has 0 spiro atoms. The zero-order valence-electron chi connectivity index (χ0n) is 12.3. The van der Waals surface area contributed by atoms with Crippen molar-refractivity contribution < 1.29 is 14.8 Å². The van der Waals surface area contributed by atoms with E-state index < -0.39 is 10.9 Å². The van der Waals surface area contributed by atoms with Gasteiger partial charge >= 0.3 is 5.97 Å². The molecule has 0 aliphatic carbocycles. The topological polar surface area (TPSA) is 86.9 Å². The molecule has 2 atom stereocenters. The third-order valence-corrected chi connectivity index (χ3v) is 4.12. The van der Waals surface area contributed by atoms with Gasteiger partial charge in [0.05, 0.1) is 16.2 Å². The summed E-state index contributed by atoms with van der Waals surface area (Å²) in [4.78, 5) is 25.9. The maximum Gasteiger partial charge on any atom is 0.337 e. The lowest BCUT2D eigenvalue weighted by Crippen LogP contribution is -2.55. The molecule has 1 saturated heterocycles. The van der Waals surface area contributed by atoms with Crippen molar-refractivity contribution in [2.24, 2.45) is 0 Å². The van der Waals surface area contributed by atoms with Gasteiger partial charge in [0.15, 0.2) is 0 Å². The number of rotatable bonds is 3. The second-order valence-corrected chi connectivity index (χ2v) is 5.53. The van der Waals surface area contributed by atoms with Crippen LogP contribution < -0.4 is 4.90 Å². The molecule has 1 N–H and O–H groups in total. The van der Waals surface area contributed by atoms with Gasteiger partial charge in [0, 0.05) is 37.3 Å². The molecule has 1 aliphatic heterocycles. The fourth-order valence-corrected chi connectivity index (χ4v) is 2.68. The molecular formula is C14H19N3O4. The average molecular weight is 293 g/mol. The maximum atomic E-state index is 11.4. The number of non-ortho nitro benzene ring substituents is 1. The van der Waals surface area contributed by atoms with Crippen LogP contribution in [0.5, 0.6) is 0 Å².